The second-order valence-electron chi connectivity index (χ2n) is 5.25. The quantitative estimate of drug-likeness (QED) is 0.840. The minimum atomic E-state index is 0.418. The maximum absolute atomic E-state index is 11.3. The van der Waals surface area contributed by atoms with Crippen molar-refractivity contribution in [1.29, 1.82) is 0 Å². The molecule has 106 valence electrons. The third kappa shape index (κ3) is 1.96. The number of nitrogens with zero attached hydrogens (tertiary/aromatic N) is 3. The van der Waals surface area contributed by atoms with Crippen molar-refractivity contribution in [3.05, 3.63) is 22.7 Å². The van der Waals surface area contributed by atoms with Crippen LogP contribution in [0.4, 0.5) is 0 Å². The Morgan fingerprint density at radius 3 is 2.75 bits per heavy atom. The van der Waals surface area contributed by atoms with Crippen molar-refractivity contribution in [2.45, 2.75) is 39.2 Å². The summed E-state index contributed by atoms with van der Waals surface area (Å²) in [6.45, 7) is 4.93. The maximum Gasteiger partial charge on any atom is 0.264 e. The summed E-state index contributed by atoms with van der Waals surface area (Å²) in [5.41, 5.74) is 8.92. The van der Waals surface area contributed by atoms with Crippen molar-refractivity contribution in [3.8, 4) is 11.6 Å². The molecule has 2 aromatic rings. The Labute approximate surface area is 117 Å². The van der Waals surface area contributed by atoms with Crippen molar-refractivity contribution in [3.63, 3.8) is 0 Å². The fourth-order valence-electron chi connectivity index (χ4n) is 2.60. The van der Waals surface area contributed by atoms with Gasteiger partial charge in [-0.2, -0.15) is 0 Å². The lowest BCUT2D eigenvalue weighted by Gasteiger charge is -2.07. The molecular weight excluding hydrogens is 256 g/mol. The molecule has 1 aliphatic rings. The highest BCUT2D eigenvalue weighted by Gasteiger charge is 2.31. The third-order valence-corrected chi connectivity index (χ3v) is 3.86. The summed E-state index contributed by atoms with van der Waals surface area (Å²) in [4.78, 5) is 11.3. The zero-order valence-corrected chi connectivity index (χ0v) is 11.7. The standard InChI is InChI=1S/C14H18N4O2/c1-8-11(7-19)9(2)18(6-5-15)12(8)14-17-16-13(20-14)10-3-4-10/h7,10H,3-6,15H2,1-2H3. The largest absolute Gasteiger partial charge is 0.419 e. The van der Waals surface area contributed by atoms with Gasteiger partial charge in [0.25, 0.3) is 5.89 Å². The number of carbonyl (C=O) groups is 1. The topological polar surface area (TPSA) is 86.9 Å². The summed E-state index contributed by atoms with van der Waals surface area (Å²) in [5, 5.41) is 8.26. The maximum atomic E-state index is 11.3. The minimum Gasteiger partial charge on any atom is -0.419 e. The average molecular weight is 274 g/mol. The molecule has 0 bridgehead atoms. The molecule has 6 nitrogen and oxygen atoms in total. The number of aldehydes is 1. The Morgan fingerprint density at radius 1 is 1.40 bits per heavy atom. The SMILES string of the molecule is Cc1c(C=O)c(C)n(CCN)c1-c1nnc(C2CC2)o1. The molecule has 2 N–H and O–H groups in total. The first-order chi connectivity index (χ1) is 9.67. The summed E-state index contributed by atoms with van der Waals surface area (Å²) in [7, 11) is 0. The number of nitrogens with two attached hydrogens (primary N) is 1. The molecular formula is C14H18N4O2. The van der Waals surface area contributed by atoms with Crippen molar-refractivity contribution in [1.82, 2.24) is 14.8 Å². The van der Waals surface area contributed by atoms with E-state index in [1.54, 1.807) is 0 Å². The van der Waals surface area contributed by atoms with Crippen LogP contribution < -0.4 is 5.73 Å². The van der Waals surface area contributed by atoms with Gasteiger partial charge in [-0.3, -0.25) is 4.79 Å². The zero-order chi connectivity index (χ0) is 14.3. The fourth-order valence-corrected chi connectivity index (χ4v) is 2.60. The molecule has 1 aliphatic carbocycles. The molecule has 0 saturated heterocycles. The van der Waals surface area contributed by atoms with E-state index >= 15 is 0 Å². The van der Waals surface area contributed by atoms with Gasteiger partial charge >= 0.3 is 0 Å². The Kier molecular flexibility index (Phi) is 3.17. The molecule has 0 spiro atoms. The molecule has 6 heteroatoms. The molecule has 0 atom stereocenters. The smallest absolute Gasteiger partial charge is 0.264 e. The molecule has 1 fully saturated rings. The predicted octanol–water partition coefficient (Wildman–Crippen LogP) is 1.80. The van der Waals surface area contributed by atoms with Gasteiger partial charge in [0, 0.05) is 30.3 Å². The minimum absolute atomic E-state index is 0.418. The van der Waals surface area contributed by atoms with E-state index in [9.17, 15) is 4.79 Å². The summed E-state index contributed by atoms with van der Waals surface area (Å²) in [6.07, 6.45) is 3.10. The number of carbonyl (C=O) groups excluding carboxylic acids is 1. The van der Waals surface area contributed by atoms with E-state index in [1.807, 2.05) is 18.4 Å². The van der Waals surface area contributed by atoms with E-state index < -0.39 is 0 Å². The van der Waals surface area contributed by atoms with E-state index in [0.717, 1.165) is 36.1 Å². The number of aromatic nitrogens is 3. The fraction of sp³-hybridized carbons (Fsp3) is 0.500. The molecule has 2 heterocycles. The molecule has 3 rings (SSSR count). The molecule has 0 unspecified atom stereocenters. The van der Waals surface area contributed by atoms with Gasteiger partial charge in [-0.1, -0.05) is 0 Å². The van der Waals surface area contributed by atoms with Crippen LogP contribution in [0.2, 0.25) is 0 Å². The molecule has 1 saturated carbocycles. The molecule has 0 radical (unpaired) electrons. The van der Waals surface area contributed by atoms with Crippen molar-refractivity contribution >= 4 is 6.29 Å². The van der Waals surface area contributed by atoms with Gasteiger partial charge in [-0.15, -0.1) is 10.2 Å². The molecule has 2 aromatic heterocycles. The Balaban J connectivity index is 2.12. The van der Waals surface area contributed by atoms with E-state index in [-0.39, 0.29) is 0 Å². The van der Waals surface area contributed by atoms with Crippen LogP contribution >= 0.6 is 0 Å². The van der Waals surface area contributed by atoms with E-state index in [2.05, 4.69) is 10.2 Å². The number of rotatable bonds is 5. The van der Waals surface area contributed by atoms with E-state index in [0.29, 0.717) is 36.4 Å². The molecule has 0 aliphatic heterocycles. The summed E-state index contributed by atoms with van der Waals surface area (Å²) in [5.74, 6) is 1.60. The van der Waals surface area contributed by atoms with Crippen LogP contribution in [0.25, 0.3) is 11.6 Å². The van der Waals surface area contributed by atoms with Gasteiger partial charge in [-0.05, 0) is 32.3 Å². The Morgan fingerprint density at radius 2 is 2.15 bits per heavy atom. The van der Waals surface area contributed by atoms with Crippen LogP contribution in [0.3, 0.4) is 0 Å². The Hall–Kier alpha value is -1.95. The van der Waals surface area contributed by atoms with Gasteiger partial charge in [0.15, 0.2) is 6.29 Å². The zero-order valence-electron chi connectivity index (χ0n) is 11.7. The lowest BCUT2D eigenvalue weighted by atomic mass is 10.1. The lowest BCUT2D eigenvalue weighted by molar-refractivity contribution is 0.112. The molecule has 0 amide bonds. The first kappa shape index (κ1) is 13.1. The monoisotopic (exact) mass is 274 g/mol. The molecule has 0 aromatic carbocycles. The number of hydrogen-bond acceptors (Lipinski definition) is 5. The van der Waals surface area contributed by atoms with Crippen LogP contribution in [-0.4, -0.2) is 27.6 Å². The highest BCUT2D eigenvalue weighted by atomic mass is 16.4. The van der Waals surface area contributed by atoms with E-state index in [4.69, 9.17) is 10.2 Å². The predicted molar refractivity (Wildman–Crippen MR) is 73.6 cm³/mol. The molecule has 20 heavy (non-hydrogen) atoms. The summed E-state index contributed by atoms with van der Waals surface area (Å²) < 4.78 is 7.76. The summed E-state index contributed by atoms with van der Waals surface area (Å²) >= 11 is 0. The highest BCUT2D eigenvalue weighted by Crippen LogP contribution is 2.40. The average Bonchev–Trinajstić information content (AvgIpc) is 3.12. The van der Waals surface area contributed by atoms with Crippen LogP contribution in [0.5, 0.6) is 0 Å². The van der Waals surface area contributed by atoms with Crippen molar-refractivity contribution in [2.75, 3.05) is 6.54 Å². The van der Waals surface area contributed by atoms with Crippen molar-refractivity contribution in [2.24, 2.45) is 5.73 Å². The first-order valence-electron chi connectivity index (χ1n) is 6.86. The van der Waals surface area contributed by atoms with Crippen LogP contribution in [0, 0.1) is 13.8 Å². The van der Waals surface area contributed by atoms with Gasteiger partial charge < -0.3 is 14.7 Å². The van der Waals surface area contributed by atoms with Crippen LogP contribution in [-0.2, 0) is 6.54 Å². The Bertz CT molecular complexity index is 652. The summed E-state index contributed by atoms with van der Waals surface area (Å²) in [6, 6.07) is 0. The van der Waals surface area contributed by atoms with Gasteiger partial charge in [0.1, 0.15) is 5.69 Å². The van der Waals surface area contributed by atoms with Crippen LogP contribution in [0.15, 0.2) is 4.42 Å². The van der Waals surface area contributed by atoms with Gasteiger partial charge in [0.2, 0.25) is 5.89 Å². The highest BCUT2D eigenvalue weighted by molar-refractivity contribution is 5.83. The van der Waals surface area contributed by atoms with Gasteiger partial charge in [-0.25, -0.2) is 0 Å². The second kappa shape index (κ2) is 4.86. The number of hydrogen-bond donors (Lipinski definition) is 1. The second-order valence-corrected chi connectivity index (χ2v) is 5.25. The van der Waals surface area contributed by atoms with Crippen LogP contribution in [0.1, 0.15) is 46.3 Å². The van der Waals surface area contributed by atoms with E-state index in [1.165, 1.54) is 0 Å². The first-order valence-corrected chi connectivity index (χ1v) is 6.86. The van der Waals surface area contributed by atoms with Gasteiger partial charge in [0.05, 0.1) is 0 Å². The third-order valence-electron chi connectivity index (χ3n) is 3.86. The van der Waals surface area contributed by atoms with Crippen molar-refractivity contribution < 1.29 is 9.21 Å². The normalized spacial score (nSPS) is 14.8. The lowest BCUT2D eigenvalue weighted by Crippen LogP contribution is -2.12.